The molecule has 0 radical (unpaired) electrons. The molecule has 126 valence electrons. The van der Waals surface area contributed by atoms with E-state index >= 15 is 0 Å². The third-order valence-corrected chi connectivity index (χ3v) is 10.2. The van der Waals surface area contributed by atoms with Crippen LogP contribution in [-0.2, 0) is 17.7 Å². The van der Waals surface area contributed by atoms with Gasteiger partial charge in [0.1, 0.15) is 0 Å². The second kappa shape index (κ2) is 7.67. The molecule has 0 amide bonds. The van der Waals surface area contributed by atoms with Crippen LogP contribution in [0.15, 0.2) is 0 Å². The molecule has 21 heavy (non-hydrogen) atoms. The Morgan fingerprint density at radius 3 is 2.05 bits per heavy atom. The van der Waals surface area contributed by atoms with Crippen molar-refractivity contribution in [2.75, 3.05) is 19.8 Å². The zero-order valence-corrected chi connectivity index (χ0v) is 16.4. The molecule has 0 aromatic rings. The summed E-state index contributed by atoms with van der Waals surface area (Å²) in [6.45, 7) is 13.6. The highest BCUT2D eigenvalue weighted by Crippen LogP contribution is 2.45. The lowest BCUT2D eigenvalue weighted by Crippen LogP contribution is -2.60. The highest BCUT2D eigenvalue weighted by Gasteiger charge is 2.58. The van der Waals surface area contributed by atoms with Crippen molar-refractivity contribution in [3.05, 3.63) is 0 Å². The van der Waals surface area contributed by atoms with Gasteiger partial charge in [-0.3, -0.25) is 0 Å². The fourth-order valence-corrected chi connectivity index (χ4v) is 8.65. The first kappa shape index (κ1) is 19.3. The number of hydrogen-bond donors (Lipinski definition) is 1. The lowest BCUT2D eigenvalue weighted by atomic mass is 9.97. The quantitative estimate of drug-likeness (QED) is 0.690. The molecule has 1 aliphatic heterocycles. The minimum Gasteiger partial charge on any atom is -0.411 e. The molecule has 1 aliphatic rings. The molecule has 3 unspecified atom stereocenters. The molecule has 0 spiro atoms. The van der Waals surface area contributed by atoms with E-state index in [1.54, 1.807) is 0 Å². The molecular weight excluding hydrogens is 304 g/mol. The van der Waals surface area contributed by atoms with Gasteiger partial charge in [-0.25, -0.2) is 0 Å². The lowest BCUT2D eigenvalue weighted by molar-refractivity contribution is -0.0182. The topological polar surface area (TPSA) is 57.2 Å². The maximum atomic E-state index is 10.4. The summed E-state index contributed by atoms with van der Waals surface area (Å²) in [6, 6.07) is 0.793. The maximum absolute atomic E-state index is 10.4. The van der Waals surface area contributed by atoms with Crippen LogP contribution in [0.5, 0.6) is 0 Å². The summed E-state index contributed by atoms with van der Waals surface area (Å²) >= 11 is 0. The third-order valence-electron chi connectivity index (χ3n) is 4.25. The molecular formula is C14H32O5Si2. The van der Waals surface area contributed by atoms with Gasteiger partial charge < -0.3 is 22.5 Å². The van der Waals surface area contributed by atoms with E-state index in [1.165, 1.54) is 0 Å². The molecule has 1 N–H and O–H groups in total. The first-order valence-electron chi connectivity index (χ1n) is 8.09. The smallest absolute Gasteiger partial charge is 0.411 e. The van der Waals surface area contributed by atoms with Crippen LogP contribution in [0.2, 0.25) is 18.1 Å². The molecule has 0 aromatic carbocycles. The van der Waals surface area contributed by atoms with Gasteiger partial charge in [-0.05, 0) is 53.1 Å². The summed E-state index contributed by atoms with van der Waals surface area (Å²) in [7, 11) is -5.42. The van der Waals surface area contributed by atoms with E-state index in [0.29, 0.717) is 19.8 Å². The van der Waals surface area contributed by atoms with E-state index in [1.807, 2.05) is 27.3 Å². The third kappa shape index (κ3) is 4.60. The molecule has 5 nitrogen and oxygen atoms in total. The summed E-state index contributed by atoms with van der Waals surface area (Å²) in [5, 5.41) is 0. The molecule has 0 aromatic heterocycles. The zero-order valence-electron chi connectivity index (χ0n) is 14.4. The minimum atomic E-state index is -2.84. The van der Waals surface area contributed by atoms with Crippen molar-refractivity contribution in [1.82, 2.24) is 0 Å². The van der Waals surface area contributed by atoms with Crippen LogP contribution >= 0.6 is 0 Å². The van der Waals surface area contributed by atoms with Crippen LogP contribution in [-0.4, -0.2) is 47.6 Å². The first-order chi connectivity index (χ1) is 9.75. The van der Waals surface area contributed by atoms with Crippen LogP contribution in [0, 0.1) is 0 Å². The Labute approximate surface area is 131 Å². The SMILES string of the molecule is CCO[Si](OCC)(OCC)C(C)C1(C)CCC[Si](C)(O)O1. The average molecular weight is 337 g/mol. The summed E-state index contributed by atoms with van der Waals surface area (Å²) < 4.78 is 24.2. The summed E-state index contributed by atoms with van der Waals surface area (Å²) in [4.78, 5) is 10.4. The van der Waals surface area contributed by atoms with E-state index < -0.39 is 23.0 Å². The molecule has 7 heteroatoms. The molecule has 1 saturated heterocycles. The Hall–Kier alpha value is 0.234. The largest absolute Gasteiger partial charge is 0.506 e. The summed E-state index contributed by atoms with van der Waals surface area (Å²) in [6.07, 6.45) is 1.88. The Bertz CT molecular complexity index is 309. The average Bonchev–Trinajstić information content (AvgIpc) is 2.37. The van der Waals surface area contributed by atoms with Gasteiger partial charge in [-0.1, -0.05) is 6.92 Å². The maximum Gasteiger partial charge on any atom is 0.506 e. The Balaban J connectivity index is 3.04. The normalized spacial score (nSPS) is 32.1. The molecule has 0 bridgehead atoms. The van der Waals surface area contributed by atoms with E-state index in [-0.39, 0.29) is 5.54 Å². The van der Waals surface area contributed by atoms with Gasteiger partial charge in [-0.2, -0.15) is 0 Å². The van der Waals surface area contributed by atoms with Gasteiger partial charge in [0.05, 0.1) is 11.1 Å². The second-order valence-electron chi connectivity index (χ2n) is 6.07. The molecule has 3 atom stereocenters. The second-order valence-corrected chi connectivity index (χ2v) is 12.1. The van der Waals surface area contributed by atoms with Crippen LogP contribution in [0.25, 0.3) is 0 Å². The predicted molar refractivity (Wildman–Crippen MR) is 87.4 cm³/mol. The van der Waals surface area contributed by atoms with Crippen molar-refractivity contribution in [3.63, 3.8) is 0 Å². The fraction of sp³-hybridized carbons (Fsp3) is 1.00. The summed E-state index contributed by atoms with van der Waals surface area (Å²) in [5.74, 6) is 0. The van der Waals surface area contributed by atoms with E-state index in [0.717, 1.165) is 18.9 Å². The van der Waals surface area contributed by atoms with Gasteiger partial charge in [0.2, 0.25) is 0 Å². The van der Waals surface area contributed by atoms with Gasteiger partial charge >= 0.3 is 17.4 Å². The van der Waals surface area contributed by atoms with Crippen molar-refractivity contribution in [2.24, 2.45) is 0 Å². The van der Waals surface area contributed by atoms with Crippen molar-refractivity contribution < 1.29 is 22.5 Å². The highest BCUT2D eigenvalue weighted by molar-refractivity contribution is 6.65. The molecule has 0 aliphatic carbocycles. The fourth-order valence-electron chi connectivity index (χ4n) is 3.15. The molecule has 1 fully saturated rings. The standard InChI is InChI=1S/C14H32O5Si2/c1-7-16-21(17-8-2,18-9-3)13(4)14(5)11-10-12-20(6,15)19-14/h13,15H,7-12H2,1-6H3. The predicted octanol–water partition coefficient (Wildman–Crippen LogP) is 3.06. The van der Waals surface area contributed by atoms with E-state index in [4.69, 9.17) is 17.7 Å². The minimum absolute atomic E-state index is 0.0101. The zero-order chi connectivity index (χ0) is 16.1. The molecule has 1 heterocycles. The van der Waals surface area contributed by atoms with E-state index in [9.17, 15) is 4.80 Å². The van der Waals surface area contributed by atoms with Crippen molar-refractivity contribution in [2.45, 2.75) is 71.2 Å². The van der Waals surface area contributed by atoms with Crippen molar-refractivity contribution >= 4 is 17.4 Å². The van der Waals surface area contributed by atoms with Crippen LogP contribution in [0.1, 0.15) is 47.5 Å². The number of rotatable bonds is 8. The van der Waals surface area contributed by atoms with Gasteiger partial charge in [0.25, 0.3) is 0 Å². The van der Waals surface area contributed by atoms with Gasteiger partial charge in [0.15, 0.2) is 0 Å². The summed E-state index contributed by atoms with van der Waals surface area (Å²) in [5.41, 5.74) is -0.455. The van der Waals surface area contributed by atoms with Crippen LogP contribution in [0.4, 0.5) is 0 Å². The van der Waals surface area contributed by atoms with Crippen LogP contribution < -0.4 is 0 Å². The Kier molecular flexibility index (Phi) is 7.04. The Morgan fingerprint density at radius 2 is 1.67 bits per heavy atom. The molecule has 0 saturated carbocycles. The van der Waals surface area contributed by atoms with Gasteiger partial charge in [0, 0.05) is 19.8 Å². The van der Waals surface area contributed by atoms with Gasteiger partial charge in [-0.15, -0.1) is 0 Å². The van der Waals surface area contributed by atoms with E-state index in [2.05, 4.69) is 13.8 Å². The van der Waals surface area contributed by atoms with Crippen molar-refractivity contribution in [3.8, 4) is 0 Å². The van der Waals surface area contributed by atoms with Crippen LogP contribution in [0.3, 0.4) is 0 Å². The lowest BCUT2D eigenvalue weighted by Gasteiger charge is -2.48. The number of hydrogen-bond acceptors (Lipinski definition) is 5. The molecule has 1 rings (SSSR count). The van der Waals surface area contributed by atoms with Crippen molar-refractivity contribution in [1.29, 1.82) is 0 Å². The Morgan fingerprint density at radius 1 is 1.19 bits per heavy atom. The monoisotopic (exact) mass is 336 g/mol. The highest BCUT2D eigenvalue weighted by atomic mass is 28.4. The first-order valence-corrected chi connectivity index (χ1v) is 12.5.